The Morgan fingerprint density at radius 2 is 1.88 bits per heavy atom. The van der Waals surface area contributed by atoms with Gasteiger partial charge in [0, 0.05) is 24.7 Å². The summed E-state index contributed by atoms with van der Waals surface area (Å²) in [5, 5.41) is 8.88. The zero-order valence-electron chi connectivity index (χ0n) is 14.2. The third-order valence-electron chi connectivity index (χ3n) is 5.15. The molecule has 2 fully saturated rings. The van der Waals surface area contributed by atoms with Crippen molar-refractivity contribution in [3.63, 3.8) is 0 Å². The van der Waals surface area contributed by atoms with Crippen molar-refractivity contribution < 1.29 is 19.2 Å². The summed E-state index contributed by atoms with van der Waals surface area (Å²) in [6.45, 7) is 1.77. The van der Waals surface area contributed by atoms with Crippen molar-refractivity contribution >= 4 is 29.3 Å². The Morgan fingerprint density at radius 3 is 2.62 bits per heavy atom. The number of piperidine rings is 1. The fourth-order valence-corrected chi connectivity index (χ4v) is 3.75. The molecule has 0 saturated carbocycles. The standard InChI is InChI=1S/C18H20N4O4/c23-15-6-5-14(16(24)21-15)22-17(25)12-4-3-10(8-13(12)18(22)26)20-9-11-2-1-7-19-11/h3-4,8,11,14,19-20H,1-2,5-7,9H2,(H,21,23,24)/t11-,14?/m1/s1. The number of nitrogens with one attached hydrogen (secondary N) is 3. The van der Waals surface area contributed by atoms with Crippen molar-refractivity contribution in [3.8, 4) is 0 Å². The minimum absolute atomic E-state index is 0.116. The molecule has 0 aromatic heterocycles. The third-order valence-corrected chi connectivity index (χ3v) is 5.15. The zero-order chi connectivity index (χ0) is 18.3. The number of amides is 4. The third kappa shape index (κ3) is 2.86. The number of carbonyl (C=O) groups excluding carboxylic acids is 4. The van der Waals surface area contributed by atoms with E-state index in [1.54, 1.807) is 18.2 Å². The van der Waals surface area contributed by atoms with Crippen LogP contribution in [0.4, 0.5) is 5.69 Å². The molecule has 3 heterocycles. The van der Waals surface area contributed by atoms with E-state index in [0.717, 1.165) is 36.5 Å². The average Bonchev–Trinajstić information content (AvgIpc) is 3.22. The highest BCUT2D eigenvalue weighted by Crippen LogP contribution is 2.29. The zero-order valence-corrected chi connectivity index (χ0v) is 14.2. The van der Waals surface area contributed by atoms with Gasteiger partial charge in [0.25, 0.3) is 11.8 Å². The molecular weight excluding hydrogens is 336 g/mol. The van der Waals surface area contributed by atoms with E-state index in [-0.39, 0.29) is 18.7 Å². The maximum Gasteiger partial charge on any atom is 0.262 e. The van der Waals surface area contributed by atoms with E-state index in [1.807, 2.05) is 0 Å². The number of anilines is 1. The van der Waals surface area contributed by atoms with Crippen molar-refractivity contribution in [2.75, 3.05) is 18.4 Å². The van der Waals surface area contributed by atoms with Gasteiger partial charge in [-0.15, -0.1) is 0 Å². The molecule has 3 aliphatic rings. The normalized spacial score (nSPS) is 25.5. The molecule has 8 heteroatoms. The van der Waals surface area contributed by atoms with Gasteiger partial charge in [-0.2, -0.15) is 0 Å². The van der Waals surface area contributed by atoms with Crippen LogP contribution in [0.5, 0.6) is 0 Å². The summed E-state index contributed by atoms with van der Waals surface area (Å²) >= 11 is 0. The molecule has 8 nitrogen and oxygen atoms in total. The van der Waals surface area contributed by atoms with E-state index in [0.29, 0.717) is 17.2 Å². The van der Waals surface area contributed by atoms with Gasteiger partial charge in [-0.25, -0.2) is 0 Å². The van der Waals surface area contributed by atoms with Crippen LogP contribution in [0.15, 0.2) is 18.2 Å². The van der Waals surface area contributed by atoms with E-state index in [2.05, 4.69) is 16.0 Å². The smallest absolute Gasteiger partial charge is 0.262 e. The molecule has 4 rings (SSSR count). The first-order valence-corrected chi connectivity index (χ1v) is 8.87. The highest BCUT2D eigenvalue weighted by molar-refractivity contribution is 6.23. The first-order chi connectivity index (χ1) is 12.5. The van der Waals surface area contributed by atoms with Crippen molar-refractivity contribution in [3.05, 3.63) is 29.3 Å². The SMILES string of the molecule is O=C1CCC(N2C(=O)c3ccc(NC[C@H]4CCCN4)cc3C2=O)C(=O)N1. The molecule has 26 heavy (non-hydrogen) atoms. The summed E-state index contributed by atoms with van der Waals surface area (Å²) in [5.41, 5.74) is 1.36. The fraction of sp³-hybridized carbons (Fsp3) is 0.444. The van der Waals surface area contributed by atoms with Gasteiger partial charge in [-0.1, -0.05) is 0 Å². The van der Waals surface area contributed by atoms with Crippen molar-refractivity contribution in [1.29, 1.82) is 0 Å². The second kappa shape index (κ2) is 6.53. The van der Waals surface area contributed by atoms with Gasteiger partial charge in [-0.3, -0.25) is 29.4 Å². The summed E-state index contributed by atoms with van der Waals surface area (Å²) in [7, 11) is 0. The highest BCUT2D eigenvalue weighted by Gasteiger charge is 2.44. The second-order valence-corrected chi connectivity index (χ2v) is 6.88. The lowest BCUT2D eigenvalue weighted by Gasteiger charge is -2.27. The highest BCUT2D eigenvalue weighted by atomic mass is 16.2. The van der Waals surface area contributed by atoms with Crippen molar-refractivity contribution in [2.24, 2.45) is 0 Å². The van der Waals surface area contributed by atoms with Gasteiger partial charge in [-0.05, 0) is 44.0 Å². The van der Waals surface area contributed by atoms with E-state index >= 15 is 0 Å². The minimum Gasteiger partial charge on any atom is -0.383 e. The molecule has 1 unspecified atom stereocenters. The number of benzene rings is 1. The van der Waals surface area contributed by atoms with Crippen LogP contribution >= 0.6 is 0 Å². The molecule has 4 amide bonds. The Bertz CT molecular complexity index is 800. The predicted octanol–water partition coefficient (Wildman–Crippen LogP) is 0.252. The number of rotatable bonds is 4. The lowest BCUT2D eigenvalue weighted by molar-refractivity contribution is -0.136. The molecule has 2 saturated heterocycles. The van der Waals surface area contributed by atoms with Crippen molar-refractivity contribution in [2.45, 2.75) is 37.8 Å². The lowest BCUT2D eigenvalue weighted by atomic mass is 10.0. The first-order valence-electron chi connectivity index (χ1n) is 8.87. The molecular formula is C18H20N4O4. The molecule has 136 valence electrons. The second-order valence-electron chi connectivity index (χ2n) is 6.88. The van der Waals surface area contributed by atoms with Crippen LogP contribution in [-0.2, 0) is 9.59 Å². The number of carbonyl (C=O) groups is 4. The Morgan fingerprint density at radius 1 is 1.08 bits per heavy atom. The van der Waals surface area contributed by atoms with Gasteiger partial charge >= 0.3 is 0 Å². The summed E-state index contributed by atoms with van der Waals surface area (Å²) in [6.07, 6.45) is 2.54. The Hall–Kier alpha value is -2.74. The maximum absolute atomic E-state index is 12.7. The maximum atomic E-state index is 12.7. The van der Waals surface area contributed by atoms with Crippen LogP contribution in [0.25, 0.3) is 0 Å². The molecule has 1 aromatic rings. The van der Waals surface area contributed by atoms with Gasteiger partial charge in [0.15, 0.2) is 0 Å². The molecule has 0 spiro atoms. The number of nitrogens with zero attached hydrogens (tertiary/aromatic N) is 1. The Labute approximate surface area is 150 Å². The topological polar surface area (TPSA) is 108 Å². The summed E-state index contributed by atoms with van der Waals surface area (Å²) in [5.74, 6) is -1.94. The summed E-state index contributed by atoms with van der Waals surface area (Å²) in [6, 6.07) is 4.52. The van der Waals surface area contributed by atoms with E-state index < -0.39 is 23.8 Å². The van der Waals surface area contributed by atoms with E-state index in [4.69, 9.17) is 0 Å². The monoisotopic (exact) mass is 356 g/mol. The predicted molar refractivity (Wildman–Crippen MR) is 92.6 cm³/mol. The van der Waals surface area contributed by atoms with E-state index in [9.17, 15) is 19.2 Å². The summed E-state index contributed by atoms with van der Waals surface area (Å²) in [4.78, 5) is 49.7. The fourth-order valence-electron chi connectivity index (χ4n) is 3.75. The van der Waals surface area contributed by atoms with Crippen LogP contribution in [0, 0.1) is 0 Å². The molecule has 3 aliphatic heterocycles. The van der Waals surface area contributed by atoms with E-state index in [1.165, 1.54) is 0 Å². The van der Waals surface area contributed by atoms with Crippen LogP contribution in [0.3, 0.4) is 0 Å². The quantitative estimate of drug-likeness (QED) is 0.668. The summed E-state index contributed by atoms with van der Waals surface area (Å²) < 4.78 is 0. The van der Waals surface area contributed by atoms with Crippen LogP contribution < -0.4 is 16.0 Å². The minimum atomic E-state index is -0.931. The molecule has 0 radical (unpaired) electrons. The molecule has 3 N–H and O–H groups in total. The number of imide groups is 2. The van der Waals surface area contributed by atoms with Crippen molar-refractivity contribution in [1.82, 2.24) is 15.5 Å². The van der Waals surface area contributed by atoms with Gasteiger partial charge < -0.3 is 10.6 Å². The molecule has 0 aliphatic carbocycles. The number of fused-ring (bicyclic) bond motifs is 1. The Balaban J connectivity index is 1.52. The van der Waals surface area contributed by atoms with Gasteiger partial charge in [0.05, 0.1) is 11.1 Å². The molecule has 2 atom stereocenters. The Kier molecular flexibility index (Phi) is 4.20. The van der Waals surface area contributed by atoms with Gasteiger partial charge in [0.1, 0.15) is 6.04 Å². The molecule has 0 bridgehead atoms. The number of hydrogen-bond donors (Lipinski definition) is 3. The average molecular weight is 356 g/mol. The van der Waals surface area contributed by atoms with Crippen LogP contribution in [-0.4, -0.2) is 53.7 Å². The lowest BCUT2D eigenvalue weighted by Crippen LogP contribution is -2.54. The van der Waals surface area contributed by atoms with Crippen LogP contribution in [0.2, 0.25) is 0 Å². The van der Waals surface area contributed by atoms with Crippen LogP contribution in [0.1, 0.15) is 46.4 Å². The number of hydrogen-bond acceptors (Lipinski definition) is 6. The molecule has 1 aromatic carbocycles. The van der Waals surface area contributed by atoms with Gasteiger partial charge in [0.2, 0.25) is 11.8 Å². The first kappa shape index (κ1) is 16.7. The largest absolute Gasteiger partial charge is 0.383 e.